The van der Waals surface area contributed by atoms with Crippen molar-refractivity contribution in [1.82, 2.24) is 9.78 Å². The first kappa shape index (κ1) is 12.9. The molecule has 0 aliphatic rings. The highest BCUT2D eigenvalue weighted by atomic mass is 19.4. The molecule has 1 aromatic heterocycles. The van der Waals surface area contributed by atoms with Crippen molar-refractivity contribution in [2.24, 2.45) is 0 Å². The minimum atomic E-state index is -4.52. The molecule has 0 radical (unpaired) electrons. The Morgan fingerprint density at radius 3 is 2.47 bits per heavy atom. The van der Waals surface area contributed by atoms with Crippen LogP contribution >= 0.6 is 0 Å². The van der Waals surface area contributed by atoms with Crippen LogP contribution in [0.25, 0.3) is 11.1 Å². The first-order chi connectivity index (χ1) is 8.77. The first-order valence-corrected chi connectivity index (χ1v) is 5.03. The number of hydrogen-bond acceptors (Lipinski definition) is 3. The lowest BCUT2D eigenvalue weighted by molar-refractivity contribution is -0.137. The summed E-state index contributed by atoms with van der Waals surface area (Å²) in [6, 6.07) is 3.02. The number of aromatic nitrogens is 2. The fraction of sp³-hybridized carbons (Fsp3) is 0.0909. The molecule has 19 heavy (non-hydrogen) atoms. The highest BCUT2D eigenvalue weighted by molar-refractivity contribution is 5.72. The SMILES string of the molecule is Nc1cc(-c2cnn(C(=O)O)c2)cc(C(F)(F)F)c1. The topological polar surface area (TPSA) is 81.1 Å². The Hall–Kier alpha value is -2.51. The summed E-state index contributed by atoms with van der Waals surface area (Å²) in [6.45, 7) is 0. The highest BCUT2D eigenvalue weighted by Gasteiger charge is 2.31. The van der Waals surface area contributed by atoms with Crippen molar-refractivity contribution in [2.45, 2.75) is 6.18 Å². The van der Waals surface area contributed by atoms with Crippen LogP contribution in [0.5, 0.6) is 0 Å². The van der Waals surface area contributed by atoms with Gasteiger partial charge >= 0.3 is 12.3 Å². The summed E-state index contributed by atoms with van der Waals surface area (Å²) in [6.07, 6.45) is -3.58. The maximum atomic E-state index is 12.6. The Morgan fingerprint density at radius 2 is 1.95 bits per heavy atom. The van der Waals surface area contributed by atoms with Gasteiger partial charge in [0.2, 0.25) is 0 Å². The molecule has 0 unspecified atom stereocenters. The number of nitrogens with two attached hydrogens (primary N) is 1. The third-order valence-electron chi connectivity index (χ3n) is 2.39. The van der Waals surface area contributed by atoms with Crippen LogP contribution in [0.15, 0.2) is 30.6 Å². The second-order valence-corrected chi connectivity index (χ2v) is 3.80. The standard InChI is InChI=1S/C11H8F3N3O2/c12-11(13,14)8-1-6(2-9(15)3-8)7-4-16-17(5-7)10(18)19/h1-5H,15H2,(H,18,19). The molecular weight excluding hydrogens is 263 g/mol. The van der Waals surface area contributed by atoms with E-state index in [9.17, 15) is 18.0 Å². The van der Waals surface area contributed by atoms with E-state index in [-0.39, 0.29) is 16.8 Å². The van der Waals surface area contributed by atoms with E-state index in [0.29, 0.717) is 4.68 Å². The number of carboxylic acid groups (broad SMARTS) is 1. The highest BCUT2D eigenvalue weighted by Crippen LogP contribution is 2.34. The third kappa shape index (κ3) is 2.67. The van der Waals surface area contributed by atoms with Crippen LogP contribution < -0.4 is 5.73 Å². The normalized spacial score (nSPS) is 11.5. The predicted molar refractivity (Wildman–Crippen MR) is 60.5 cm³/mol. The lowest BCUT2D eigenvalue weighted by Crippen LogP contribution is -2.07. The number of benzene rings is 1. The lowest BCUT2D eigenvalue weighted by atomic mass is 10.0. The zero-order valence-corrected chi connectivity index (χ0v) is 9.35. The molecule has 5 nitrogen and oxygen atoms in total. The molecule has 3 N–H and O–H groups in total. The number of rotatable bonds is 1. The molecule has 0 fully saturated rings. The Bertz CT molecular complexity index is 634. The molecular formula is C11H8F3N3O2. The maximum Gasteiger partial charge on any atom is 0.432 e. The van der Waals surface area contributed by atoms with Gasteiger partial charge in [0.25, 0.3) is 0 Å². The van der Waals surface area contributed by atoms with E-state index >= 15 is 0 Å². The van der Waals surface area contributed by atoms with Gasteiger partial charge in [-0.2, -0.15) is 23.0 Å². The largest absolute Gasteiger partial charge is 0.463 e. The Labute approximate surface area is 105 Å². The number of carbonyl (C=O) groups is 1. The van der Waals surface area contributed by atoms with Gasteiger partial charge in [0.1, 0.15) is 0 Å². The van der Waals surface area contributed by atoms with Gasteiger partial charge in [-0.05, 0) is 23.8 Å². The summed E-state index contributed by atoms with van der Waals surface area (Å²) in [4.78, 5) is 10.6. The van der Waals surface area contributed by atoms with Crippen LogP contribution in [0.1, 0.15) is 5.56 Å². The van der Waals surface area contributed by atoms with Crippen LogP contribution in [0.2, 0.25) is 0 Å². The van der Waals surface area contributed by atoms with Crippen LogP contribution in [-0.2, 0) is 6.18 Å². The number of nitrogen functional groups attached to an aromatic ring is 1. The van der Waals surface area contributed by atoms with Crippen molar-refractivity contribution in [3.63, 3.8) is 0 Å². The molecule has 0 spiro atoms. The summed E-state index contributed by atoms with van der Waals surface area (Å²) in [7, 11) is 0. The molecule has 0 amide bonds. The zero-order chi connectivity index (χ0) is 14.2. The fourth-order valence-electron chi connectivity index (χ4n) is 1.56. The summed E-state index contributed by atoms with van der Waals surface area (Å²) < 4.78 is 38.5. The average molecular weight is 271 g/mol. The molecule has 0 saturated heterocycles. The van der Waals surface area contributed by atoms with Gasteiger partial charge in [-0.3, -0.25) is 0 Å². The molecule has 1 heterocycles. The van der Waals surface area contributed by atoms with E-state index in [1.807, 2.05) is 0 Å². The Kier molecular flexibility index (Phi) is 2.93. The molecule has 0 atom stereocenters. The maximum absolute atomic E-state index is 12.6. The van der Waals surface area contributed by atoms with Gasteiger partial charge in [0.15, 0.2) is 0 Å². The number of hydrogen-bond donors (Lipinski definition) is 2. The van der Waals surface area contributed by atoms with Crippen molar-refractivity contribution in [3.8, 4) is 11.1 Å². The second-order valence-electron chi connectivity index (χ2n) is 3.80. The van der Waals surface area contributed by atoms with Crippen LogP contribution in [0.3, 0.4) is 0 Å². The van der Waals surface area contributed by atoms with E-state index < -0.39 is 17.8 Å². The summed E-state index contributed by atoms with van der Waals surface area (Å²) in [5.74, 6) is 0. The second kappa shape index (κ2) is 4.30. The summed E-state index contributed by atoms with van der Waals surface area (Å²) >= 11 is 0. The van der Waals surface area contributed by atoms with E-state index in [4.69, 9.17) is 10.8 Å². The molecule has 100 valence electrons. The van der Waals surface area contributed by atoms with E-state index in [1.165, 1.54) is 6.07 Å². The molecule has 1 aromatic carbocycles. The molecule has 2 rings (SSSR count). The van der Waals surface area contributed by atoms with Crippen molar-refractivity contribution in [3.05, 3.63) is 36.2 Å². The van der Waals surface area contributed by atoms with Gasteiger partial charge in [-0.15, -0.1) is 0 Å². The third-order valence-corrected chi connectivity index (χ3v) is 2.39. The van der Waals surface area contributed by atoms with E-state index in [2.05, 4.69) is 5.10 Å². The van der Waals surface area contributed by atoms with Crippen molar-refractivity contribution in [1.29, 1.82) is 0 Å². The molecule has 0 aliphatic carbocycles. The smallest absolute Gasteiger partial charge is 0.432 e. The van der Waals surface area contributed by atoms with Gasteiger partial charge in [0.05, 0.1) is 11.8 Å². The molecule has 0 saturated carbocycles. The molecule has 8 heteroatoms. The van der Waals surface area contributed by atoms with Crippen LogP contribution in [0.4, 0.5) is 23.7 Å². The van der Waals surface area contributed by atoms with Gasteiger partial charge < -0.3 is 10.8 Å². The fourth-order valence-corrected chi connectivity index (χ4v) is 1.56. The first-order valence-electron chi connectivity index (χ1n) is 5.03. The Balaban J connectivity index is 2.50. The number of alkyl halides is 3. The molecule has 0 bridgehead atoms. The number of nitrogens with zero attached hydrogens (tertiary/aromatic N) is 2. The average Bonchev–Trinajstić information content (AvgIpc) is 2.76. The van der Waals surface area contributed by atoms with Crippen molar-refractivity contribution >= 4 is 11.8 Å². The lowest BCUT2D eigenvalue weighted by Gasteiger charge is -2.09. The summed E-state index contributed by atoms with van der Waals surface area (Å²) in [5, 5.41) is 12.2. The van der Waals surface area contributed by atoms with Crippen LogP contribution in [0, 0.1) is 0 Å². The quantitative estimate of drug-likeness (QED) is 0.781. The van der Waals surface area contributed by atoms with Gasteiger partial charge in [0, 0.05) is 17.4 Å². The number of anilines is 1. The van der Waals surface area contributed by atoms with Gasteiger partial charge in [-0.1, -0.05) is 0 Å². The minimum absolute atomic E-state index is 0.0621. The van der Waals surface area contributed by atoms with E-state index in [0.717, 1.165) is 24.5 Å². The minimum Gasteiger partial charge on any atom is -0.463 e. The molecule has 0 aliphatic heterocycles. The molecule has 2 aromatic rings. The zero-order valence-electron chi connectivity index (χ0n) is 9.35. The van der Waals surface area contributed by atoms with Crippen molar-refractivity contribution < 1.29 is 23.1 Å². The van der Waals surface area contributed by atoms with Crippen molar-refractivity contribution in [2.75, 3.05) is 5.73 Å². The van der Waals surface area contributed by atoms with Crippen LogP contribution in [-0.4, -0.2) is 21.0 Å². The monoisotopic (exact) mass is 271 g/mol. The Morgan fingerprint density at radius 1 is 1.26 bits per heavy atom. The van der Waals surface area contributed by atoms with Gasteiger partial charge in [-0.25, -0.2) is 4.79 Å². The summed E-state index contributed by atoms with van der Waals surface area (Å²) in [5.41, 5.74) is 4.85. The number of halogens is 3. The predicted octanol–water partition coefficient (Wildman–Crippen LogP) is 2.68. The van der Waals surface area contributed by atoms with E-state index in [1.54, 1.807) is 0 Å².